The van der Waals surface area contributed by atoms with Gasteiger partial charge in [-0.25, -0.2) is 0 Å². The molecule has 0 saturated heterocycles. The molecular formula is C16H33. The van der Waals surface area contributed by atoms with Gasteiger partial charge in [-0.15, -0.1) is 0 Å². The predicted octanol–water partition coefficient (Wildman–Crippen LogP) is 6.01. The van der Waals surface area contributed by atoms with Gasteiger partial charge < -0.3 is 0 Å². The lowest BCUT2D eigenvalue weighted by atomic mass is 9.87. The molecule has 0 N–H and O–H groups in total. The summed E-state index contributed by atoms with van der Waals surface area (Å²) in [6.45, 7) is 9.32. The van der Waals surface area contributed by atoms with E-state index in [2.05, 4.69) is 34.1 Å². The SMILES string of the molecule is CCCCCC(C)[CH]C(CC)CCCCC. The fraction of sp³-hybridized carbons (Fsp3) is 0.938. The van der Waals surface area contributed by atoms with Crippen LogP contribution in [-0.4, -0.2) is 0 Å². The van der Waals surface area contributed by atoms with E-state index in [1.165, 1.54) is 57.8 Å². The molecule has 0 spiro atoms. The number of hydrogen-bond donors (Lipinski definition) is 0. The summed E-state index contributed by atoms with van der Waals surface area (Å²) in [5.74, 6) is 1.71. The van der Waals surface area contributed by atoms with Gasteiger partial charge >= 0.3 is 0 Å². The second-order valence-corrected chi connectivity index (χ2v) is 5.33. The minimum Gasteiger partial charge on any atom is -0.0654 e. The van der Waals surface area contributed by atoms with Crippen LogP contribution in [0.5, 0.6) is 0 Å². The lowest BCUT2D eigenvalue weighted by Gasteiger charge is -2.19. The Bertz CT molecular complexity index is 128. The Labute approximate surface area is 104 Å². The van der Waals surface area contributed by atoms with Crippen molar-refractivity contribution < 1.29 is 0 Å². The molecule has 0 heteroatoms. The largest absolute Gasteiger partial charge is 0.0654 e. The molecule has 1 radical (unpaired) electrons. The first-order valence-electron chi connectivity index (χ1n) is 7.59. The van der Waals surface area contributed by atoms with Gasteiger partial charge in [0.15, 0.2) is 0 Å². The first kappa shape index (κ1) is 16.0. The highest BCUT2D eigenvalue weighted by Gasteiger charge is 2.11. The Morgan fingerprint density at radius 2 is 1.38 bits per heavy atom. The van der Waals surface area contributed by atoms with E-state index in [9.17, 15) is 0 Å². The summed E-state index contributed by atoms with van der Waals surface area (Å²) in [6.07, 6.45) is 15.1. The molecule has 0 saturated carbocycles. The molecule has 0 aromatic carbocycles. The zero-order valence-electron chi connectivity index (χ0n) is 12.1. The Hall–Kier alpha value is 0. The van der Waals surface area contributed by atoms with Crippen molar-refractivity contribution in [3.05, 3.63) is 6.42 Å². The van der Waals surface area contributed by atoms with Gasteiger partial charge in [-0.1, -0.05) is 85.5 Å². The molecule has 2 unspecified atom stereocenters. The van der Waals surface area contributed by atoms with Crippen LogP contribution in [0.1, 0.15) is 85.5 Å². The van der Waals surface area contributed by atoms with Crippen LogP contribution < -0.4 is 0 Å². The van der Waals surface area contributed by atoms with Gasteiger partial charge in [0, 0.05) is 0 Å². The highest BCUT2D eigenvalue weighted by Crippen LogP contribution is 2.23. The zero-order valence-corrected chi connectivity index (χ0v) is 12.1. The minimum atomic E-state index is 0.832. The molecule has 97 valence electrons. The number of hydrogen-bond acceptors (Lipinski definition) is 0. The topological polar surface area (TPSA) is 0 Å². The molecule has 0 rings (SSSR count). The summed E-state index contributed by atoms with van der Waals surface area (Å²) < 4.78 is 0. The van der Waals surface area contributed by atoms with E-state index in [0.717, 1.165) is 11.8 Å². The Morgan fingerprint density at radius 1 is 0.812 bits per heavy atom. The van der Waals surface area contributed by atoms with Crippen molar-refractivity contribution in [3.63, 3.8) is 0 Å². The van der Waals surface area contributed by atoms with Crippen molar-refractivity contribution in [3.8, 4) is 0 Å². The molecule has 0 heterocycles. The van der Waals surface area contributed by atoms with Crippen molar-refractivity contribution >= 4 is 0 Å². The van der Waals surface area contributed by atoms with E-state index in [-0.39, 0.29) is 0 Å². The van der Waals surface area contributed by atoms with E-state index < -0.39 is 0 Å². The van der Waals surface area contributed by atoms with Crippen molar-refractivity contribution in [2.75, 3.05) is 0 Å². The smallest absolute Gasteiger partial charge is 0.0327 e. The first-order valence-corrected chi connectivity index (χ1v) is 7.59. The third-order valence-corrected chi connectivity index (χ3v) is 3.57. The van der Waals surface area contributed by atoms with Gasteiger partial charge in [0.05, 0.1) is 0 Å². The summed E-state index contributed by atoms with van der Waals surface area (Å²) in [5.41, 5.74) is 0. The average Bonchev–Trinajstić information content (AvgIpc) is 2.28. The fourth-order valence-corrected chi connectivity index (χ4v) is 2.37. The van der Waals surface area contributed by atoms with Crippen LogP contribution in [0.15, 0.2) is 0 Å². The van der Waals surface area contributed by atoms with Crippen LogP contribution >= 0.6 is 0 Å². The second-order valence-electron chi connectivity index (χ2n) is 5.33. The maximum atomic E-state index is 2.63. The van der Waals surface area contributed by atoms with Gasteiger partial charge in [0.1, 0.15) is 0 Å². The van der Waals surface area contributed by atoms with Crippen LogP contribution in [-0.2, 0) is 0 Å². The van der Waals surface area contributed by atoms with E-state index >= 15 is 0 Å². The monoisotopic (exact) mass is 225 g/mol. The van der Waals surface area contributed by atoms with Crippen LogP contribution in [0.3, 0.4) is 0 Å². The van der Waals surface area contributed by atoms with Crippen molar-refractivity contribution in [2.24, 2.45) is 11.8 Å². The lowest BCUT2D eigenvalue weighted by Crippen LogP contribution is -2.07. The summed E-state index contributed by atoms with van der Waals surface area (Å²) in [7, 11) is 0. The van der Waals surface area contributed by atoms with E-state index in [1.807, 2.05) is 0 Å². The van der Waals surface area contributed by atoms with Crippen LogP contribution in [0, 0.1) is 18.3 Å². The third-order valence-electron chi connectivity index (χ3n) is 3.57. The molecular weight excluding hydrogens is 192 g/mol. The molecule has 0 aromatic heterocycles. The molecule has 0 amide bonds. The van der Waals surface area contributed by atoms with E-state index in [4.69, 9.17) is 0 Å². The minimum absolute atomic E-state index is 0.832. The van der Waals surface area contributed by atoms with Gasteiger partial charge in [-0.05, 0) is 18.3 Å². The maximum Gasteiger partial charge on any atom is -0.0327 e. The number of rotatable bonds is 11. The van der Waals surface area contributed by atoms with Crippen LogP contribution in [0.4, 0.5) is 0 Å². The highest BCUT2D eigenvalue weighted by atomic mass is 14.2. The summed E-state index contributed by atoms with van der Waals surface area (Å²) in [5, 5.41) is 0. The van der Waals surface area contributed by atoms with Crippen molar-refractivity contribution in [1.82, 2.24) is 0 Å². The Kier molecular flexibility index (Phi) is 11.5. The third kappa shape index (κ3) is 9.24. The molecule has 0 aromatic rings. The maximum absolute atomic E-state index is 2.63. The van der Waals surface area contributed by atoms with Crippen molar-refractivity contribution in [2.45, 2.75) is 85.5 Å². The molecule has 0 aliphatic carbocycles. The Morgan fingerprint density at radius 3 is 1.88 bits per heavy atom. The van der Waals surface area contributed by atoms with Crippen molar-refractivity contribution in [1.29, 1.82) is 0 Å². The molecule has 0 aliphatic rings. The quantitative estimate of drug-likeness (QED) is 0.377. The molecule has 0 aliphatic heterocycles. The zero-order chi connectivity index (χ0) is 12.2. The first-order chi connectivity index (χ1) is 7.74. The summed E-state index contributed by atoms with van der Waals surface area (Å²) >= 11 is 0. The molecule has 2 atom stereocenters. The summed E-state index contributed by atoms with van der Waals surface area (Å²) in [6, 6.07) is 0. The second kappa shape index (κ2) is 11.5. The van der Waals surface area contributed by atoms with Crippen LogP contribution in [0.25, 0.3) is 0 Å². The van der Waals surface area contributed by atoms with Gasteiger partial charge in [-0.3, -0.25) is 0 Å². The predicted molar refractivity (Wildman–Crippen MR) is 75.5 cm³/mol. The van der Waals surface area contributed by atoms with Gasteiger partial charge in [0.25, 0.3) is 0 Å². The average molecular weight is 225 g/mol. The molecule has 0 fully saturated rings. The lowest BCUT2D eigenvalue weighted by molar-refractivity contribution is 0.426. The van der Waals surface area contributed by atoms with E-state index in [0.29, 0.717) is 0 Å². The van der Waals surface area contributed by atoms with Gasteiger partial charge in [-0.2, -0.15) is 0 Å². The standard InChI is InChI=1S/C16H33/c1-5-8-10-12-15(4)14-16(7-3)13-11-9-6-2/h14-16H,5-13H2,1-4H3. The fourth-order valence-electron chi connectivity index (χ4n) is 2.37. The Balaban J connectivity index is 3.57. The molecule has 0 nitrogen and oxygen atoms in total. The number of unbranched alkanes of at least 4 members (excludes halogenated alkanes) is 4. The molecule has 16 heavy (non-hydrogen) atoms. The normalized spacial score (nSPS) is 15.0. The van der Waals surface area contributed by atoms with Crippen LogP contribution in [0.2, 0.25) is 0 Å². The van der Waals surface area contributed by atoms with Gasteiger partial charge in [0.2, 0.25) is 0 Å². The highest BCUT2D eigenvalue weighted by molar-refractivity contribution is 4.80. The summed E-state index contributed by atoms with van der Waals surface area (Å²) in [4.78, 5) is 0. The van der Waals surface area contributed by atoms with E-state index in [1.54, 1.807) is 0 Å². The molecule has 0 bridgehead atoms.